The summed E-state index contributed by atoms with van der Waals surface area (Å²) < 4.78 is 0. The molecule has 196 valence electrons. The molecule has 0 atom stereocenters. The maximum absolute atomic E-state index is 3.85. The van der Waals surface area contributed by atoms with Crippen molar-refractivity contribution in [3.05, 3.63) is 179 Å². The number of hydrogen-bond donors (Lipinski definition) is 1. The SMILES string of the molecule is CC1(C)c2ccccc2-c2c(Nc3ccc4c(c3)-c3ccccc3C4(c3ccccc3)c3ccccc3)cccc21. The predicted molar refractivity (Wildman–Crippen MR) is 171 cm³/mol. The van der Waals surface area contributed by atoms with Crippen molar-refractivity contribution in [1.82, 2.24) is 0 Å². The van der Waals surface area contributed by atoms with Gasteiger partial charge in [0, 0.05) is 22.4 Å². The first-order valence-corrected chi connectivity index (χ1v) is 14.5. The molecule has 0 saturated heterocycles. The van der Waals surface area contributed by atoms with E-state index in [1.807, 2.05) is 0 Å². The fourth-order valence-corrected chi connectivity index (χ4v) is 7.54. The minimum absolute atomic E-state index is 0.0224. The number of benzene rings is 6. The van der Waals surface area contributed by atoms with E-state index in [0.29, 0.717) is 0 Å². The smallest absolute Gasteiger partial charge is 0.0713 e. The Morgan fingerprint density at radius 1 is 0.439 bits per heavy atom. The lowest BCUT2D eigenvalue weighted by Crippen LogP contribution is -2.28. The summed E-state index contributed by atoms with van der Waals surface area (Å²) in [6, 6.07) is 53.4. The minimum atomic E-state index is -0.371. The number of hydrogen-bond acceptors (Lipinski definition) is 1. The molecular weight excluding hydrogens is 494 g/mol. The normalized spacial score (nSPS) is 15.0. The van der Waals surface area contributed by atoms with Crippen molar-refractivity contribution in [3.63, 3.8) is 0 Å². The van der Waals surface area contributed by atoms with E-state index < -0.39 is 0 Å². The standard InChI is InChI=1S/C40H31N/c1-39(2)33-20-11-10-19-31(33)38-36(39)22-13-23-37(38)41-29-24-25-35-32(26-29)30-18-9-12-21-34(30)40(35,27-14-5-3-6-15-27)28-16-7-4-8-17-28/h3-26,41H,1-2H3. The summed E-state index contributed by atoms with van der Waals surface area (Å²) >= 11 is 0. The van der Waals surface area contributed by atoms with Crippen molar-refractivity contribution >= 4 is 11.4 Å². The number of fused-ring (bicyclic) bond motifs is 6. The average molecular weight is 526 g/mol. The van der Waals surface area contributed by atoms with Crippen LogP contribution < -0.4 is 5.32 Å². The van der Waals surface area contributed by atoms with Gasteiger partial charge in [-0.05, 0) is 68.3 Å². The van der Waals surface area contributed by atoms with Crippen LogP contribution in [-0.2, 0) is 10.8 Å². The topological polar surface area (TPSA) is 12.0 Å². The minimum Gasteiger partial charge on any atom is -0.355 e. The molecule has 8 rings (SSSR count). The van der Waals surface area contributed by atoms with Gasteiger partial charge >= 0.3 is 0 Å². The van der Waals surface area contributed by atoms with Crippen molar-refractivity contribution in [1.29, 1.82) is 0 Å². The van der Waals surface area contributed by atoms with Gasteiger partial charge in [0.1, 0.15) is 0 Å². The molecular formula is C40H31N. The van der Waals surface area contributed by atoms with E-state index in [4.69, 9.17) is 0 Å². The first-order chi connectivity index (χ1) is 20.1. The second-order valence-corrected chi connectivity index (χ2v) is 11.8. The van der Waals surface area contributed by atoms with Crippen LogP contribution in [0.4, 0.5) is 11.4 Å². The van der Waals surface area contributed by atoms with Crippen LogP contribution in [0.1, 0.15) is 47.2 Å². The fourth-order valence-electron chi connectivity index (χ4n) is 7.54. The first kappa shape index (κ1) is 24.0. The zero-order chi connectivity index (χ0) is 27.6. The summed E-state index contributed by atoms with van der Waals surface area (Å²) in [5.41, 5.74) is 15.1. The Morgan fingerprint density at radius 3 is 1.71 bits per heavy atom. The highest BCUT2D eigenvalue weighted by Crippen LogP contribution is 2.57. The average Bonchev–Trinajstić information content (AvgIpc) is 3.45. The molecule has 0 amide bonds. The molecule has 41 heavy (non-hydrogen) atoms. The Hall–Kier alpha value is -4.88. The molecule has 6 aromatic carbocycles. The summed E-state index contributed by atoms with van der Waals surface area (Å²) in [4.78, 5) is 0. The number of nitrogens with one attached hydrogen (secondary N) is 1. The van der Waals surface area contributed by atoms with Gasteiger partial charge in [0.05, 0.1) is 5.41 Å². The zero-order valence-corrected chi connectivity index (χ0v) is 23.4. The maximum Gasteiger partial charge on any atom is 0.0713 e. The van der Waals surface area contributed by atoms with E-state index >= 15 is 0 Å². The Kier molecular flexibility index (Phi) is 5.15. The molecule has 1 N–H and O–H groups in total. The van der Waals surface area contributed by atoms with Gasteiger partial charge in [0.15, 0.2) is 0 Å². The van der Waals surface area contributed by atoms with Gasteiger partial charge in [-0.3, -0.25) is 0 Å². The summed E-state index contributed by atoms with van der Waals surface area (Å²) in [6.07, 6.45) is 0. The Bertz CT molecular complexity index is 1890. The summed E-state index contributed by atoms with van der Waals surface area (Å²) in [5, 5.41) is 3.85. The summed E-state index contributed by atoms with van der Waals surface area (Å²) in [6.45, 7) is 4.67. The Balaban J connectivity index is 1.32. The fraction of sp³-hybridized carbons (Fsp3) is 0.100. The second kappa shape index (κ2) is 8.81. The highest BCUT2D eigenvalue weighted by molar-refractivity contribution is 5.93. The molecule has 0 spiro atoms. The van der Waals surface area contributed by atoms with Crippen LogP contribution in [0.25, 0.3) is 22.3 Å². The Labute approximate surface area is 242 Å². The molecule has 0 bridgehead atoms. The molecule has 0 fully saturated rings. The van der Waals surface area contributed by atoms with Crippen molar-refractivity contribution in [2.45, 2.75) is 24.7 Å². The van der Waals surface area contributed by atoms with Crippen LogP contribution in [0.3, 0.4) is 0 Å². The largest absolute Gasteiger partial charge is 0.355 e. The summed E-state index contributed by atoms with van der Waals surface area (Å²) in [7, 11) is 0. The quantitative estimate of drug-likeness (QED) is 0.241. The van der Waals surface area contributed by atoms with Gasteiger partial charge in [-0.2, -0.15) is 0 Å². The van der Waals surface area contributed by atoms with Crippen molar-refractivity contribution in [2.75, 3.05) is 5.32 Å². The molecule has 0 heterocycles. The van der Waals surface area contributed by atoms with E-state index in [1.54, 1.807) is 0 Å². The van der Waals surface area contributed by atoms with E-state index in [2.05, 4.69) is 165 Å². The van der Waals surface area contributed by atoms with Gasteiger partial charge in [-0.1, -0.05) is 141 Å². The molecule has 6 aromatic rings. The van der Waals surface area contributed by atoms with Gasteiger partial charge in [-0.25, -0.2) is 0 Å². The molecule has 1 nitrogen and oxygen atoms in total. The van der Waals surface area contributed by atoms with Crippen molar-refractivity contribution in [3.8, 4) is 22.3 Å². The molecule has 0 radical (unpaired) electrons. The van der Waals surface area contributed by atoms with Crippen molar-refractivity contribution < 1.29 is 0 Å². The van der Waals surface area contributed by atoms with E-state index in [1.165, 1.54) is 55.6 Å². The van der Waals surface area contributed by atoms with Crippen LogP contribution in [0, 0.1) is 0 Å². The molecule has 2 aliphatic rings. The van der Waals surface area contributed by atoms with Crippen LogP contribution in [-0.4, -0.2) is 0 Å². The van der Waals surface area contributed by atoms with Crippen LogP contribution in [0.15, 0.2) is 146 Å². The number of anilines is 2. The first-order valence-electron chi connectivity index (χ1n) is 14.5. The third-order valence-corrected chi connectivity index (χ3v) is 9.34. The third-order valence-electron chi connectivity index (χ3n) is 9.34. The van der Waals surface area contributed by atoms with Gasteiger partial charge < -0.3 is 5.32 Å². The van der Waals surface area contributed by atoms with Gasteiger partial charge in [0.25, 0.3) is 0 Å². The lowest BCUT2D eigenvalue weighted by atomic mass is 9.68. The van der Waals surface area contributed by atoms with Crippen LogP contribution in [0.5, 0.6) is 0 Å². The summed E-state index contributed by atoms with van der Waals surface area (Å²) in [5.74, 6) is 0. The van der Waals surface area contributed by atoms with Gasteiger partial charge in [-0.15, -0.1) is 0 Å². The lowest BCUT2D eigenvalue weighted by Gasteiger charge is -2.33. The molecule has 0 saturated carbocycles. The highest BCUT2D eigenvalue weighted by Gasteiger charge is 2.46. The highest BCUT2D eigenvalue weighted by atomic mass is 14.9. The van der Waals surface area contributed by atoms with E-state index in [0.717, 1.165) is 11.4 Å². The lowest BCUT2D eigenvalue weighted by molar-refractivity contribution is 0.660. The third kappa shape index (κ3) is 3.30. The predicted octanol–water partition coefficient (Wildman–Crippen LogP) is 10.1. The number of rotatable bonds is 4. The zero-order valence-electron chi connectivity index (χ0n) is 23.4. The molecule has 0 unspecified atom stereocenters. The van der Waals surface area contributed by atoms with Crippen LogP contribution in [0.2, 0.25) is 0 Å². The maximum atomic E-state index is 3.85. The second-order valence-electron chi connectivity index (χ2n) is 11.8. The van der Waals surface area contributed by atoms with E-state index in [9.17, 15) is 0 Å². The molecule has 1 heteroatoms. The van der Waals surface area contributed by atoms with Gasteiger partial charge in [0.2, 0.25) is 0 Å². The Morgan fingerprint density at radius 2 is 1.00 bits per heavy atom. The van der Waals surface area contributed by atoms with E-state index in [-0.39, 0.29) is 10.8 Å². The monoisotopic (exact) mass is 525 g/mol. The van der Waals surface area contributed by atoms with Crippen molar-refractivity contribution in [2.24, 2.45) is 0 Å². The van der Waals surface area contributed by atoms with Crippen LogP contribution >= 0.6 is 0 Å². The molecule has 2 aliphatic carbocycles. The molecule has 0 aliphatic heterocycles. The molecule has 0 aromatic heterocycles.